The fraction of sp³-hybridized carbons (Fsp3) is 0.120. The maximum absolute atomic E-state index is 12.0. The van der Waals surface area contributed by atoms with Crippen LogP contribution in [0.3, 0.4) is 0 Å². The number of nitrogens with zero attached hydrogens (tertiary/aromatic N) is 1. The zero-order valence-corrected chi connectivity index (χ0v) is 18.3. The van der Waals surface area contributed by atoms with Crippen LogP contribution >= 0.6 is 0 Å². The predicted octanol–water partition coefficient (Wildman–Crippen LogP) is 3.41. The van der Waals surface area contributed by atoms with Crippen LogP contribution in [0.5, 0.6) is 5.75 Å². The van der Waals surface area contributed by atoms with Gasteiger partial charge in [0.05, 0.1) is 6.21 Å². The van der Waals surface area contributed by atoms with Crippen molar-refractivity contribution in [2.45, 2.75) is 13.8 Å². The average molecular weight is 444 g/mol. The van der Waals surface area contributed by atoms with Gasteiger partial charge < -0.3 is 15.4 Å². The van der Waals surface area contributed by atoms with Crippen LogP contribution in [0.15, 0.2) is 77.9 Å². The van der Waals surface area contributed by atoms with Gasteiger partial charge in [0.1, 0.15) is 5.75 Å². The van der Waals surface area contributed by atoms with E-state index in [9.17, 15) is 14.4 Å². The summed E-state index contributed by atoms with van der Waals surface area (Å²) in [6.45, 7) is 3.74. The summed E-state index contributed by atoms with van der Waals surface area (Å²) in [6.07, 6.45) is 1.39. The molecule has 0 fully saturated rings. The van der Waals surface area contributed by atoms with Crippen molar-refractivity contribution < 1.29 is 19.1 Å². The monoisotopic (exact) mass is 444 g/mol. The van der Waals surface area contributed by atoms with Gasteiger partial charge in [-0.15, -0.1) is 0 Å². The average Bonchev–Trinajstić information content (AvgIpc) is 2.80. The van der Waals surface area contributed by atoms with E-state index in [1.165, 1.54) is 6.21 Å². The number of aryl methyl sites for hydroxylation is 2. The van der Waals surface area contributed by atoms with Gasteiger partial charge in [0.15, 0.2) is 6.61 Å². The molecule has 3 amide bonds. The number of carbonyl (C=O) groups is 3. The highest BCUT2D eigenvalue weighted by Gasteiger charge is 2.12. The van der Waals surface area contributed by atoms with Crippen LogP contribution in [-0.4, -0.2) is 30.5 Å². The molecule has 168 valence electrons. The predicted molar refractivity (Wildman–Crippen MR) is 127 cm³/mol. The van der Waals surface area contributed by atoms with Crippen molar-refractivity contribution in [1.82, 2.24) is 5.43 Å². The molecule has 3 rings (SSSR count). The lowest BCUT2D eigenvalue weighted by Crippen LogP contribution is -2.32. The van der Waals surface area contributed by atoms with Crippen LogP contribution < -0.4 is 20.8 Å². The molecule has 33 heavy (non-hydrogen) atoms. The molecule has 3 aromatic rings. The van der Waals surface area contributed by atoms with E-state index in [4.69, 9.17) is 4.74 Å². The summed E-state index contributed by atoms with van der Waals surface area (Å²) in [4.78, 5) is 35.8. The third-order valence-electron chi connectivity index (χ3n) is 4.45. The zero-order valence-electron chi connectivity index (χ0n) is 18.3. The number of nitrogens with one attached hydrogen (secondary N) is 3. The molecular weight excluding hydrogens is 420 g/mol. The second kappa shape index (κ2) is 11.2. The maximum Gasteiger partial charge on any atom is 0.329 e. The van der Waals surface area contributed by atoms with E-state index >= 15 is 0 Å². The number of hydrazone groups is 1. The molecule has 3 aromatic carbocycles. The van der Waals surface area contributed by atoms with E-state index < -0.39 is 11.8 Å². The molecule has 0 saturated carbocycles. The third-order valence-corrected chi connectivity index (χ3v) is 4.45. The Labute approximate surface area is 191 Å². The van der Waals surface area contributed by atoms with E-state index in [1.54, 1.807) is 36.4 Å². The van der Waals surface area contributed by atoms with Crippen molar-refractivity contribution in [3.63, 3.8) is 0 Å². The van der Waals surface area contributed by atoms with Crippen LogP contribution in [0.1, 0.15) is 16.7 Å². The first kappa shape index (κ1) is 23.2. The van der Waals surface area contributed by atoms with Gasteiger partial charge in [-0.25, -0.2) is 5.43 Å². The lowest BCUT2D eigenvalue weighted by Gasteiger charge is -2.08. The lowest BCUT2D eigenvalue weighted by atomic mass is 10.2. The molecule has 3 N–H and O–H groups in total. The summed E-state index contributed by atoms with van der Waals surface area (Å²) in [7, 11) is 0. The minimum atomic E-state index is -0.883. The van der Waals surface area contributed by atoms with Gasteiger partial charge in [-0.2, -0.15) is 5.10 Å². The molecule has 0 bridgehead atoms. The summed E-state index contributed by atoms with van der Waals surface area (Å²) in [5.74, 6) is -1.46. The third kappa shape index (κ3) is 7.62. The number of amides is 3. The number of benzene rings is 3. The largest absolute Gasteiger partial charge is 0.484 e. The van der Waals surface area contributed by atoms with E-state index in [-0.39, 0.29) is 12.5 Å². The normalized spacial score (nSPS) is 10.5. The quantitative estimate of drug-likeness (QED) is 0.295. The summed E-state index contributed by atoms with van der Waals surface area (Å²) in [6, 6.07) is 21.3. The molecule has 8 nitrogen and oxygen atoms in total. The van der Waals surface area contributed by atoms with Gasteiger partial charge in [0.25, 0.3) is 5.91 Å². The fourth-order valence-electron chi connectivity index (χ4n) is 2.76. The number of hydrogen-bond acceptors (Lipinski definition) is 5. The van der Waals surface area contributed by atoms with Crippen molar-refractivity contribution in [2.24, 2.45) is 5.10 Å². The Hall–Kier alpha value is -4.46. The Bertz CT molecular complexity index is 1160. The smallest absolute Gasteiger partial charge is 0.329 e. The van der Waals surface area contributed by atoms with Crippen molar-refractivity contribution in [3.05, 3.63) is 89.5 Å². The first-order chi connectivity index (χ1) is 15.9. The minimum absolute atomic E-state index is 0.131. The van der Waals surface area contributed by atoms with Gasteiger partial charge in [-0.05, 0) is 73.5 Å². The van der Waals surface area contributed by atoms with Crippen molar-refractivity contribution >= 4 is 35.3 Å². The number of hydrogen-bond donors (Lipinski definition) is 3. The van der Waals surface area contributed by atoms with Crippen LogP contribution in [0.25, 0.3) is 0 Å². The van der Waals surface area contributed by atoms with E-state index in [0.29, 0.717) is 22.7 Å². The zero-order chi connectivity index (χ0) is 23.6. The van der Waals surface area contributed by atoms with Crippen molar-refractivity contribution in [2.75, 3.05) is 17.2 Å². The lowest BCUT2D eigenvalue weighted by molar-refractivity contribution is -0.136. The standard InChI is InChI=1S/C25H24N4O4/c1-17-6-10-20(11-7-17)28-24(31)25(32)29-26-15-19-8-12-22(13-9-19)33-16-23(30)27-21-5-3-4-18(2)14-21/h3-15H,16H2,1-2H3,(H,27,30)(H,28,31)(H,29,32)/b26-15-. The van der Waals surface area contributed by atoms with Gasteiger partial charge in [-0.3, -0.25) is 14.4 Å². The first-order valence-corrected chi connectivity index (χ1v) is 10.2. The Balaban J connectivity index is 1.42. The molecule has 0 saturated heterocycles. The van der Waals surface area contributed by atoms with E-state index in [0.717, 1.165) is 11.1 Å². The highest BCUT2D eigenvalue weighted by atomic mass is 16.5. The molecule has 0 aromatic heterocycles. The molecular formula is C25H24N4O4. The minimum Gasteiger partial charge on any atom is -0.484 e. The summed E-state index contributed by atoms with van der Waals surface area (Å²) < 4.78 is 5.48. The molecule has 0 aliphatic carbocycles. The highest BCUT2D eigenvalue weighted by molar-refractivity contribution is 6.39. The number of anilines is 2. The molecule has 0 atom stereocenters. The summed E-state index contributed by atoms with van der Waals surface area (Å²) >= 11 is 0. The van der Waals surface area contributed by atoms with Gasteiger partial charge in [0, 0.05) is 11.4 Å². The first-order valence-electron chi connectivity index (χ1n) is 10.2. The molecule has 8 heteroatoms. The Morgan fingerprint density at radius 3 is 2.24 bits per heavy atom. The van der Waals surface area contributed by atoms with Crippen LogP contribution in [0, 0.1) is 13.8 Å². The van der Waals surface area contributed by atoms with E-state index in [2.05, 4.69) is 21.2 Å². The van der Waals surface area contributed by atoms with E-state index in [1.807, 2.05) is 50.2 Å². The Kier molecular flexibility index (Phi) is 7.91. The van der Waals surface area contributed by atoms with Crippen LogP contribution in [0.2, 0.25) is 0 Å². The number of carbonyl (C=O) groups excluding carboxylic acids is 3. The summed E-state index contributed by atoms with van der Waals surface area (Å²) in [5.41, 5.74) is 6.18. The molecule has 0 unspecified atom stereocenters. The number of rotatable bonds is 7. The van der Waals surface area contributed by atoms with Gasteiger partial charge in [0.2, 0.25) is 0 Å². The highest BCUT2D eigenvalue weighted by Crippen LogP contribution is 2.13. The van der Waals surface area contributed by atoms with Crippen LogP contribution in [-0.2, 0) is 14.4 Å². The molecule has 0 aliphatic heterocycles. The van der Waals surface area contributed by atoms with Crippen molar-refractivity contribution in [1.29, 1.82) is 0 Å². The van der Waals surface area contributed by atoms with Crippen LogP contribution in [0.4, 0.5) is 11.4 Å². The molecule has 0 aliphatic rings. The maximum atomic E-state index is 12.0. The summed E-state index contributed by atoms with van der Waals surface area (Å²) in [5, 5.41) is 9.05. The second-order valence-corrected chi connectivity index (χ2v) is 7.29. The Morgan fingerprint density at radius 1 is 0.818 bits per heavy atom. The molecule has 0 spiro atoms. The number of ether oxygens (including phenoxy) is 1. The molecule has 0 radical (unpaired) electrons. The molecule has 0 heterocycles. The van der Waals surface area contributed by atoms with Crippen molar-refractivity contribution in [3.8, 4) is 5.75 Å². The fourth-order valence-corrected chi connectivity index (χ4v) is 2.76. The van der Waals surface area contributed by atoms with Gasteiger partial charge >= 0.3 is 11.8 Å². The van der Waals surface area contributed by atoms with Gasteiger partial charge in [-0.1, -0.05) is 29.8 Å². The SMILES string of the molecule is Cc1ccc(NC(=O)C(=O)N/N=C\c2ccc(OCC(=O)Nc3cccc(C)c3)cc2)cc1. The topological polar surface area (TPSA) is 109 Å². The Morgan fingerprint density at radius 2 is 1.55 bits per heavy atom. The second-order valence-electron chi connectivity index (χ2n) is 7.29.